The lowest BCUT2D eigenvalue weighted by Gasteiger charge is -2.32. The van der Waals surface area contributed by atoms with Gasteiger partial charge in [0.15, 0.2) is 0 Å². The molecular formula is C12H17ClN2O2. The van der Waals surface area contributed by atoms with Gasteiger partial charge in [-0.3, -0.25) is 0 Å². The Hall–Kier alpha value is -1.00. The quantitative estimate of drug-likeness (QED) is 0.884. The normalized spacial score (nSPS) is 29.0. The van der Waals surface area contributed by atoms with Crippen molar-refractivity contribution in [1.82, 2.24) is 4.98 Å². The Morgan fingerprint density at radius 1 is 1.41 bits per heavy atom. The van der Waals surface area contributed by atoms with Crippen molar-refractivity contribution in [2.45, 2.75) is 45.0 Å². The van der Waals surface area contributed by atoms with E-state index in [1.807, 2.05) is 13.8 Å². The van der Waals surface area contributed by atoms with Crippen LogP contribution in [0.25, 0.3) is 0 Å². The fraction of sp³-hybridized carbons (Fsp3) is 0.583. The summed E-state index contributed by atoms with van der Waals surface area (Å²) in [5, 5.41) is 0.517. The predicted molar refractivity (Wildman–Crippen MR) is 67.3 cm³/mol. The molecule has 0 saturated carbocycles. The molecule has 1 aliphatic rings. The van der Waals surface area contributed by atoms with E-state index in [0.29, 0.717) is 16.6 Å². The van der Waals surface area contributed by atoms with Gasteiger partial charge in [-0.2, -0.15) is 0 Å². The first-order valence-electron chi connectivity index (χ1n) is 5.77. The third kappa shape index (κ3) is 3.23. The zero-order valence-corrected chi connectivity index (χ0v) is 10.8. The summed E-state index contributed by atoms with van der Waals surface area (Å²) in [6.45, 7) is 4.09. The first-order chi connectivity index (χ1) is 8.04. The average Bonchev–Trinajstić information content (AvgIpc) is 2.21. The summed E-state index contributed by atoms with van der Waals surface area (Å²) < 4.78 is 11.5. The number of hydrogen-bond acceptors (Lipinski definition) is 4. The number of rotatable bonds is 2. The molecule has 2 heterocycles. The standard InChI is InChI=1S/C12H17ClN2O2/c1-7-3-10(4-8(2)16-7)17-12-11(14)5-9(13)6-15-12/h5-8,10H,3-4,14H2,1-2H3. The van der Waals surface area contributed by atoms with Crippen LogP contribution in [0, 0.1) is 0 Å². The van der Waals surface area contributed by atoms with Crippen molar-refractivity contribution in [3.05, 3.63) is 17.3 Å². The number of nitrogens with two attached hydrogens (primary N) is 1. The minimum Gasteiger partial charge on any atom is -0.473 e. The topological polar surface area (TPSA) is 57.4 Å². The summed E-state index contributed by atoms with van der Waals surface area (Å²) in [5.74, 6) is 0.459. The molecule has 0 amide bonds. The highest BCUT2D eigenvalue weighted by molar-refractivity contribution is 6.30. The van der Waals surface area contributed by atoms with Crippen LogP contribution in [-0.2, 0) is 4.74 Å². The van der Waals surface area contributed by atoms with E-state index < -0.39 is 0 Å². The van der Waals surface area contributed by atoms with Gasteiger partial charge >= 0.3 is 0 Å². The molecule has 1 fully saturated rings. The highest BCUT2D eigenvalue weighted by atomic mass is 35.5. The lowest BCUT2D eigenvalue weighted by molar-refractivity contribution is -0.0728. The molecule has 0 spiro atoms. The van der Waals surface area contributed by atoms with Gasteiger partial charge in [-0.25, -0.2) is 4.98 Å². The van der Waals surface area contributed by atoms with Gasteiger partial charge in [-0.15, -0.1) is 0 Å². The van der Waals surface area contributed by atoms with Crippen LogP contribution in [0.15, 0.2) is 12.3 Å². The molecule has 2 rings (SSSR count). The second-order valence-corrected chi connectivity index (χ2v) is 4.95. The van der Waals surface area contributed by atoms with Crippen LogP contribution >= 0.6 is 11.6 Å². The van der Waals surface area contributed by atoms with E-state index in [4.69, 9.17) is 26.8 Å². The van der Waals surface area contributed by atoms with E-state index in [2.05, 4.69) is 4.98 Å². The molecule has 2 N–H and O–H groups in total. The molecule has 0 aliphatic carbocycles. The minimum absolute atomic E-state index is 0.102. The molecule has 1 aliphatic heterocycles. The summed E-state index contributed by atoms with van der Waals surface area (Å²) >= 11 is 5.79. The van der Waals surface area contributed by atoms with Gasteiger partial charge in [0.25, 0.3) is 0 Å². The van der Waals surface area contributed by atoms with E-state index in [1.165, 1.54) is 0 Å². The molecule has 1 saturated heterocycles. The molecule has 1 aromatic rings. The Labute approximate surface area is 106 Å². The van der Waals surface area contributed by atoms with Gasteiger partial charge in [-0.1, -0.05) is 11.6 Å². The average molecular weight is 257 g/mol. The van der Waals surface area contributed by atoms with E-state index >= 15 is 0 Å². The van der Waals surface area contributed by atoms with Crippen molar-refractivity contribution in [1.29, 1.82) is 0 Å². The van der Waals surface area contributed by atoms with Crippen LogP contribution in [0.1, 0.15) is 26.7 Å². The zero-order chi connectivity index (χ0) is 12.4. The molecule has 4 nitrogen and oxygen atoms in total. The Morgan fingerprint density at radius 3 is 2.65 bits per heavy atom. The third-order valence-corrected chi connectivity index (χ3v) is 2.98. The molecule has 2 atom stereocenters. The predicted octanol–water partition coefficient (Wildman–Crippen LogP) is 2.65. The van der Waals surface area contributed by atoms with Crippen molar-refractivity contribution in [2.24, 2.45) is 0 Å². The van der Waals surface area contributed by atoms with Crippen LogP contribution < -0.4 is 10.5 Å². The third-order valence-electron chi connectivity index (χ3n) is 2.78. The lowest BCUT2D eigenvalue weighted by atomic mass is 10.0. The van der Waals surface area contributed by atoms with Crippen LogP contribution in [0.2, 0.25) is 5.02 Å². The Morgan fingerprint density at radius 2 is 2.06 bits per heavy atom. The number of aromatic nitrogens is 1. The number of nitrogen functional groups attached to an aromatic ring is 1. The highest BCUT2D eigenvalue weighted by Gasteiger charge is 2.26. The first kappa shape index (κ1) is 12.5. The first-order valence-corrected chi connectivity index (χ1v) is 6.15. The van der Waals surface area contributed by atoms with E-state index in [9.17, 15) is 0 Å². The SMILES string of the molecule is CC1CC(Oc2ncc(Cl)cc2N)CC(C)O1. The number of nitrogens with zero attached hydrogens (tertiary/aromatic N) is 1. The maximum absolute atomic E-state index is 5.81. The van der Waals surface area contributed by atoms with Crippen molar-refractivity contribution in [3.63, 3.8) is 0 Å². The second-order valence-electron chi connectivity index (χ2n) is 4.52. The Balaban J connectivity index is 2.04. The molecule has 94 valence electrons. The Bertz CT molecular complexity index is 390. The number of halogens is 1. The van der Waals surface area contributed by atoms with E-state index in [1.54, 1.807) is 12.3 Å². The van der Waals surface area contributed by atoms with Crippen LogP contribution in [0.4, 0.5) is 5.69 Å². The van der Waals surface area contributed by atoms with Gasteiger partial charge in [0, 0.05) is 19.0 Å². The zero-order valence-electron chi connectivity index (χ0n) is 10.0. The number of pyridine rings is 1. The lowest BCUT2D eigenvalue weighted by Crippen LogP contribution is -2.36. The molecule has 17 heavy (non-hydrogen) atoms. The summed E-state index contributed by atoms with van der Waals surface area (Å²) in [4.78, 5) is 4.10. The van der Waals surface area contributed by atoms with Crippen LogP contribution in [0.5, 0.6) is 5.88 Å². The molecule has 0 bridgehead atoms. The monoisotopic (exact) mass is 256 g/mol. The van der Waals surface area contributed by atoms with Gasteiger partial charge in [0.05, 0.1) is 22.9 Å². The summed E-state index contributed by atoms with van der Waals surface area (Å²) in [6.07, 6.45) is 3.76. The second kappa shape index (κ2) is 5.10. The van der Waals surface area contributed by atoms with Crippen molar-refractivity contribution in [2.75, 3.05) is 5.73 Å². The fourth-order valence-electron chi connectivity index (χ4n) is 2.14. The fourth-order valence-corrected chi connectivity index (χ4v) is 2.31. The number of anilines is 1. The maximum Gasteiger partial charge on any atom is 0.237 e. The molecule has 1 aromatic heterocycles. The van der Waals surface area contributed by atoms with Crippen molar-refractivity contribution >= 4 is 17.3 Å². The smallest absolute Gasteiger partial charge is 0.237 e. The summed E-state index contributed by atoms with van der Waals surface area (Å²) in [5.41, 5.74) is 6.28. The number of ether oxygens (including phenoxy) is 2. The summed E-state index contributed by atoms with van der Waals surface area (Å²) in [6, 6.07) is 1.65. The molecule has 0 aromatic carbocycles. The van der Waals surface area contributed by atoms with Gasteiger partial charge in [-0.05, 0) is 19.9 Å². The van der Waals surface area contributed by atoms with Crippen molar-refractivity contribution in [3.8, 4) is 5.88 Å². The van der Waals surface area contributed by atoms with Crippen LogP contribution in [0.3, 0.4) is 0 Å². The maximum atomic E-state index is 5.81. The molecular weight excluding hydrogens is 240 g/mol. The van der Waals surface area contributed by atoms with Gasteiger partial charge < -0.3 is 15.2 Å². The van der Waals surface area contributed by atoms with Gasteiger partial charge in [0.2, 0.25) is 5.88 Å². The van der Waals surface area contributed by atoms with Crippen LogP contribution in [-0.4, -0.2) is 23.3 Å². The highest BCUT2D eigenvalue weighted by Crippen LogP contribution is 2.27. The Kier molecular flexibility index (Phi) is 3.74. The molecule has 0 radical (unpaired) electrons. The largest absolute Gasteiger partial charge is 0.473 e. The number of hydrogen-bond donors (Lipinski definition) is 1. The molecule has 2 unspecified atom stereocenters. The van der Waals surface area contributed by atoms with Gasteiger partial charge in [0.1, 0.15) is 6.10 Å². The minimum atomic E-state index is 0.102. The van der Waals surface area contributed by atoms with Crippen molar-refractivity contribution < 1.29 is 9.47 Å². The van der Waals surface area contributed by atoms with E-state index in [0.717, 1.165) is 12.8 Å². The molecule has 5 heteroatoms. The van der Waals surface area contributed by atoms with E-state index in [-0.39, 0.29) is 18.3 Å². The summed E-state index contributed by atoms with van der Waals surface area (Å²) in [7, 11) is 0.